The van der Waals surface area contributed by atoms with Gasteiger partial charge in [-0.15, -0.1) is 0 Å². The van der Waals surface area contributed by atoms with E-state index >= 15 is 0 Å². The zero-order valence-corrected chi connectivity index (χ0v) is 13.2. The lowest BCUT2D eigenvalue weighted by Crippen LogP contribution is -2.41. The second-order valence-corrected chi connectivity index (χ2v) is 6.79. The molecule has 3 heterocycles. The van der Waals surface area contributed by atoms with Gasteiger partial charge in [-0.1, -0.05) is 13.8 Å². The number of nitrogens with one attached hydrogen (secondary N) is 1. The van der Waals surface area contributed by atoms with E-state index in [1.165, 1.54) is 0 Å². The standard InChI is InChI=1S/C16H27N3O2/c1-13(2)10-17-11-14-3-6-19(18-14)15-4-7-21-16(9-15)5-8-20-12-16/h3,6,13,15,17H,4-5,7-12H2,1-2H3. The molecule has 2 aliphatic rings. The van der Waals surface area contributed by atoms with E-state index in [9.17, 15) is 0 Å². The molecule has 1 N–H and O–H groups in total. The van der Waals surface area contributed by atoms with Crippen molar-refractivity contribution in [2.75, 3.05) is 26.4 Å². The normalized spacial score (nSPS) is 29.6. The summed E-state index contributed by atoms with van der Waals surface area (Å²) in [7, 11) is 0. The minimum absolute atomic E-state index is 0.0507. The van der Waals surface area contributed by atoms with E-state index in [-0.39, 0.29) is 5.60 Å². The summed E-state index contributed by atoms with van der Waals surface area (Å²) >= 11 is 0. The number of hydrogen-bond donors (Lipinski definition) is 1. The van der Waals surface area contributed by atoms with Gasteiger partial charge >= 0.3 is 0 Å². The van der Waals surface area contributed by atoms with Gasteiger partial charge in [-0.3, -0.25) is 4.68 Å². The summed E-state index contributed by atoms with van der Waals surface area (Å²) in [5.41, 5.74) is 1.07. The zero-order valence-electron chi connectivity index (χ0n) is 13.2. The first-order valence-corrected chi connectivity index (χ1v) is 8.13. The first-order chi connectivity index (χ1) is 10.2. The number of rotatable bonds is 5. The minimum Gasteiger partial charge on any atom is -0.378 e. The van der Waals surface area contributed by atoms with Crippen LogP contribution in [-0.2, 0) is 16.0 Å². The van der Waals surface area contributed by atoms with Crippen molar-refractivity contribution in [3.63, 3.8) is 0 Å². The van der Waals surface area contributed by atoms with Crippen LogP contribution in [0.15, 0.2) is 12.3 Å². The van der Waals surface area contributed by atoms with Gasteiger partial charge in [0.25, 0.3) is 0 Å². The average Bonchev–Trinajstić information content (AvgIpc) is 3.09. The lowest BCUT2D eigenvalue weighted by molar-refractivity contribution is -0.0962. The molecule has 1 spiro atoms. The van der Waals surface area contributed by atoms with Crippen LogP contribution in [0.5, 0.6) is 0 Å². The maximum absolute atomic E-state index is 6.00. The topological polar surface area (TPSA) is 48.3 Å². The maximum Gasteiger partial charge on any atom is 0.0957 e. The Hall–Kier alpha value is -0.910. The van der Waals surface area contributed by atoms with Crippen molar-refractivity contribution in [1.82, 2.24) is 15.1 Å². The molecule has 1 aromatic rings. The Morgan fingerprint density at radius 3 is 3.14 bits per heavy atom. The van der Waals surface area contributed by atoms with Crippen molar-refractivity contribution in [3.05, 3.63) is 18.0 Å². The van der Waals surface area contributed by atoms with Crippen LogP contribution in [0.3, 0.4) is 0 Å². The van der Waals surface area contributed by atoms with Crippen LogP contribution in [0, 0.1) is 5.92 Å². The third kappa shape index (κ3) is 3.65. The predicted molar refractivity (Wildman–Crippen MR) is 81.2 cm³/mol. The number of ether oxygens (including phenoxy) is 2. The third-order valence-electron chi connectivity index (χ3n) is 4.43. The molecule has 0 amide bonds. The summed E-state index contributed by atoms with van der Waals surface area (Å²) < 4.78 is 13.7. The monoisotopic (exact) mass is 293 g/mol. The molecule has 21 heavy (non-hydrogen) atoms. The Morgan fingerprint density at radius 2 is 2.38 bits per heavy atom. The van der Waals surface area contributed by atoms with Crippen molar-refractivity contribution < 1.29 is 9.47 Å². The highest BCUT2D eigenvalue weighted by molar-refractivity contribution is 5.01. The second-order valence-electron chi connectivity index (χ2n) is 6.79. The predicted octanol–water partition coefficient (Wildman–Crippen LogP) is 2.14. The molecule has 2 aliphatic heterocycles. The van der Waals surface area contributed by atoms with Crippen LogP contribution in [0.2, 0.25) is 0 Å². The van der Waals surface area contributed by atoms with E-state index in [1.54, 1.807) is 0 Å². The fourth-order valence-electron chi connectivity index (χ4n) is 3.25. The fourth-order valence-corrected chi connectivity index (χ4v) is 3.25. The maximum atomic E-state index is 6.00. The molecule has 2 unspecified atom stereocenters. The van der Waals surface area contributed by atoms with Crippen LogP contribution in [0.25, 0.3) is 0 Å². The van der Waals surface area contributed by atoms with Gasteiger partial charge in [0.05, 0.1) is 23.9 Å². The van der Waals surface area contributed by atoms with Gasteiger partial charge < -0.3 is 14.8 Å². The van der Waals surface area contributed by atoms with E-state index in [0.717, 1.165) is 57.9 Å². The first kappa shape index (κ1) is 15.0. The van der Waals surface area contributed by atoms with Crippen molar-refractivity contribution in [2.45, 2.75) is 51.3 Å². The minimum atomic E-state index is -0.0507. The van der Waals surface area contributed by atoms with E-state index in [4.69, 9.17) is 14.6 Å². The Labute approximate surface area is 127 Å². The van der Waals surface area contributed by atoms with Gasteiger partial charge in [0.15, 0.2) is 0 Å². The summed E-state index contributed by atoms with van der Waals surface area (Å²) in [4.78, 5) is 0. The number of aromatic nitrogens is 2. The third-order valence-corrected chi connectivity index (χ3v) is 4.43. The van der Waals surface area contributed by atoms with Gasteiger partial charge in [-0.2, -0.15) is 5.10 Å². The quantitative estimate of drug-likeness (QED) is 0.903. The molecule has 2 atom stereocenters. The highest BCUT2D eigenvalue weighted by atomic mass is 16.6. The van der Waals surface area contributed by atoms with Crippen LogP contribution >= 0.6 is 0 Å². The molecule has 0 radical (unpaired) electrons. The SMILES string of the molecule is CC(C)CNCc1ccn(C2CCOC3(CCOC3)C2)n1. The summed E-state index contributed by atoms with van der Waals surface area (Å²) in [5, 5.41) is 8.19. The molecule has 0 aromatic carbocycles. The fraction of sp³-hybridized carbons (Fsp3) is 0.812. The molecule has 118 valence electrons. The molecule has 2 fully saturated rings. The summed E-state index contributed by atoms with van der Waals surface area (Å²) in [5.74, 6) is 0.671. The van der Waals surface area contributed by atoms with Gasteiger partial charge in [0.1, 0.15) is 0 Å². The van der Waals surface area contributed by atoms with Crippen LogP contribution in [0.1, 0.15) is 44.8 Å². The smallest absolute Gasteiger partial charge is 0.0957 e. The zero-order chi connectivity index (χ0) is 14.7. The molecular formula is C16H27N3O2. The summed E-state index contributed by atoms with van der Waals surface area (Å²) in [6.07, 6.45) is 5.20. The van der Waals surface area contributed by atoms with E-state index in [1.807, 2.05) is 0 Å². The first-order valence-electron chi connectivity index (χ1n) is 8.13. The largest absolute Gasteiger partial charge is 0.378 e. The van der Waals surface area contributed by atoms with Crippen molar-refractivity contribution in [3.8, 4) is 0 Å². The van der Waals surface area contributed by atoms with Crippen molar-refractivity contribution >= 4 is 0 Å². The number of nitrogens with zero attached hydrogens (tertiary/aromatic N) is 2. The van der Waals surface area contributed by atoms with Crippen LogP contribution in [0.4, 0.5) is 0 Å². The highest BCUT2D eigenvalue weighted by Gasteiger charge is 2.41. The Bertz CT molecular complexity index is 452. The molecule has 5 nitrogen and oxygen atoms in total. The summed E-state index contributed by atoms with van der Waals surface area (Å²) in [6, 6.07) is 2.57. The molecular weight excluding hydrogens is 266 g/mol. The van der Waals surface area contributed by atoms with Gasteiger partial charge in [0, 0.05) is 38.8 Å². The Kier molecular flexibility index (Phi) is 4.62. The Morgan fingerprint density at radius 1 is 1.48 bits per heavy atom. The molecule has 5 heteroatoms. The van der Waals surface area contributed by atoms with Gasteiger partial charge in [-0.05, 0) is 24.9 Å². The number of hydrogen-bond acceptors (Lipinski definition) is 4. The molecule has 2 saturated heterocycles. The summed E-state index contributed by atoms with van der Waals surface area (Å²) in [6.45, 7) is 8.71. The van der Waals surface area contributed by atoms with E-state index in [0.29, 0.717) is 12.0 Å². The van der Waals surface area contributed by atoms with Gasteiger partial charge in [0.2, 0.25) is 0 Å². The van der Waals surface area contributed by atoms with E-state index < -0.39 is 0 Å². The van der Waals surface area contributed by atoms with Crippen LogP contribution in [-0.4, -0.2) is 41.7 Å². The second kappa shape index (κ2) is 6.46. The van der Waals surface area contributed by atoms with Crippen LogP contribution < -0.4 is 5.32 Å². The van der Waals surface area contributed by atoms with Crippen molar-refractivity contribution in [1.29, 1.82) is 0 Å². The lowest BCUT2D eigenvalue weighted by atomic mass is 9.90. The van der Waals surface area contributed by atoms with E-state index in [2.05, 4.69) is 36.1 Å². The lowest BCUT2D eigenvalue weighted by Gasteiger charge is -2.37. The highest BCUT2D eigenvalue weighted by Crippen LogP contribution is 2.37. The Balaban J connectivity index is 1.57. The van der Waals surface area contributed by atoms with Gasteiger partial charge in [-0.25, -0.2) is 0 Å². The van der Waals surface area contributed by atoms with Crippen molar-refractivity contribution in [2.24, 2.45) is 5.92 Å². The molecule has 1 aromatic heterocycles. The molecule has 0 aliphatic carbocycles. The molecule has 0 bridgehead atoms. The average molecular weight is 293 g/mol. The molecule has 3 rings (SSSR count). The molecule has 0 saturated carbocycles.